The van der Waals surface area contributed by atoms with Crippen molar-refractivity contribution < 1.29 is 0 Å². The molecule has 0 bridgehead atoms. The summed E-state index contributed by atoms with van der Waals surface area (Å²) in [5.41, 5.74) is 2.55. The zero-order valence-electron chi connectivity index (χ0n) is 11.2. The van der Waals surface area contributed by atoms with Crippen molar-refractivity contribution in [1.29, 1.82) is 0 Å². The molecule has 2 atom stereocenters. The van der Waals surface area contributed by atoms with Crippen molar-refractivity contribution in [3.8, 4) is 0 Å². The predicted octanol–water partition coefficient (Wildman–Crippen LogP) is 5.38. The van der Waals surface area contributed by atoms with Gasteiger partial charge in [-0.15, -0.1) is 0 Å². The quantitative estimate of drug-likeness (QED) is 0.639. The Labute approximate surface area is 138 Å². The molecule has 0 radical (unpaired) electrons. The van der Waals surface area contributed by atoms with Crippen LogP contribution in [0.3, 0.4) is 0 Å². The Morgan fingerprint density at radius 2 is 2.10 bits per heavy atom. The van der Waals surface area contributed by atoms with Gasteiger partial charge in [-0.3, -0.25) is 0 Å². The fourth-order valence-corrected chi connectivity index (χ4v) is 4.29. The van der Waals surface area contributed by atoms with Crippen molar-refractivity contribution in [3.05, 3.63) is 56.0 Å². The van der Waals surface area contributed by atoms with Crippen LogP contribution in [0.15, 0.2) is 34.8 Å². The lowest BCUT2D eigenvalue weighted by Crippen LogP contribution is -2.34. The van der Waals surface area contributed by atoms with E-state index >= 15 is 0 Å². The molecule has 2 aliphatic rings. The predicted molar refractivity (Wildman–Crippen MR) is 89.8 cm³/mol. The van der Waals surface area contributed by atoms with E-state index in [1.807, 2.05) is 6.07 Å². The number of nitrogens with zero attached hydrogens (tertiary/aromatic N) is 1. The Kier molecular flexibility index (Phi) is 4.28. The van der Waals surface area contributed by atoms with Gasteiger partial charge in [0.15, 0.2) is 0 Å². The SMILES string of the molecule is CN1Cc2c(Cl)cc(Cl)cc2C(C2C=CC=C(Br)C2)C1. The maximum absolute atomic E-state index is 6.40. The van der Waals surface area contributed by atoms with Crippen LogP contribution >= 0.6 is 39.1 Å². The minimum atomic E-state index is 0.442. The minimum absolute atomic E-state index is 0.442. The van der Waals surface area contributed by atoms with Crippen molar-refractivity contribution >= 4 is 39.1 Å². The highest BCUT2D eigenvalue weighted by Gasteiger charge is 2.31. The van der Waals surface area contributed by atoms with Crippen molar-refractivity contribution in [1.82, 2.24) is 4.90 Å². The van der Waals surface area contributed by atoms with Gasteiger partial charge in [-0.05, 0) is 47.1 Å². The number of hydrogen-bond acceptors (Lipinski definition) is 1. The number of rotatable bonds is 1. The van der Waals surface area contributed by atoms with Crippen molar-refractivity contribution in [3.63, 3.8) is 0 Å². The van der Waals surface area contributed by atoms with E-state index in [4.69, 9.17) is 23.2 Å². The monoisotopic (exact) mass is 371 g/mol. The van der Waals surface area contributed by atoms with Gasteiger partial charge in [-0.2, -0.15) is 0 Å². The molecule has 1 aliphatic carbocycles. The van der Waals surface area contributed by atoms with Crippen LogP contribution in [0.4, 0.5) is 0 Å². The van der Waals surface area contributed by atoms with E-state index in [0.717, 1.165) is 29.6 Å². The molecule has 3 rings (SSSR count). The number of allylic oxidation sites excluding steroid dienone is 4. The smallest absolute Gasteiger partial charge is 0.0468 e. The van der Waals surface area contributed by atoms with Crippen LogP contribution < -0.4 is 0 Å². The Morgan fingerprint density at radius 3 is 2.85 bits per heavy atom. The van der Waals surface area contributed by atoms with Crippen LogP contribution in [0.2, 0.25) is 10.0 Å². The largest absolute Gasteiger partial charge is 0.301 e. The van der Waals surface area contributed by atoms with Crippen LogP contribution in [0, 0.1) is 5.92 Å². The number of fused-ring (bicyclic) bond motifs is 1. The molecule has 0 amide bonds. The van der Waals surface area contributed by atoms with E-state index in [1.165, 1.54) is 15.6 Å². The third-order valence-corrected chi connectivity index (χ3v) is 5.26. The molecule has 1 nitrogen and oxygen atoms in total. The molecule has 20 heavy (non-hydrogen) atoms. The van der Waals surface area contributed by atoms with Crippen LogP contribution in [0.1, 0.15) is 23.5 Å². The molecule has 106 valence electrons. The zero-order chi connectivity index (χ0) is 14.3. The average molecular weight is 373 g/mol. The summed E-state index contributed by atoms with van der Waals surface area (Å²) in [6.45, 7) is 1.94. The maximum Gasteiger partial charge on any atom is 0.0468 e. The molecule has 0 N–H and O–H groups in total. The molecule has 0 fully saturated rings. The summed E-state index contributed by atoms with van der Waals surface area (Å²) in [5.74, 6) is 0.933. The van der Waals surface area contributed by atoms with Gasteiger partial charge in [0.2, 0.25) is 0 Å². The first-order valence-electron chi connectivity index (χ1n) is 6.74. The average Bonchev–Trinajstić information content (AvgIpc) is 2.39. The summed E-state index contributed by atoms with van der Waals surface area (Å²) in [4.78, 5) is 2.34. The molecule has 1 aromatic rings. The van der Waals surface area contributed by atoms with Gasteiger partial charge in [0, 0.05) is 29.1 Å². The van der Waals surface area contributed by atoms with E-state index in [2.05, 4.69) is 52.2 Å². The van der Waals surface area contributed by atoms with Gasteiger partial charge >= 0.3 is 0 Å². The molecule has 0 saturated heterocycles. The normalized spacial score (nSPS) is 26.3. The van der Waals surface area contributed by atoms with Crippen LogP contribution in [0.5, 0.6) is 0 Å². The summed E-state index contributed by atoms with van der Waals surface area (Å²) in [5, 5.41) is 1.52. The highest BCUT2D eigenvalue weighted by Crippen LogP contribution is 2.42. The molecular formula is C16H16BrCl2N. The summed E-state index contributed by atoms with van der Waals surface area (Å²) < 4.78 is 1.26. The van der Waals surface area contributed by atoms with Crippen LogP contribution in [-0.2, 0) is 6.54 Å². The number of benzene rings is 1. The third-order valence-electron chi connectivity index (χ3n) is 4.11. The Morgan fingerprint density at radius 1 is 1.30 bits per heavy atom. The van der Waals surface area contributed by atoms with Gasteiger partial charge in [0.25, 0.3) is 0 Å². The first-order valence-corrected chi connectivity index (χ1v) is 8.28. The van der Waals surface area contributed by atoms with E-state index in [9.17, 15) is 0 Å². The van der Waals surface area contributed by atoms with Gasteiger partial charge in [0.1, 0.15) is 0 Å². The van der Waals surface area contributed by atoms with E-state index in [0.29, 0.717) is 11.8 Å². The van der Waals surface area contributed by atoms with E-state index in [1.54, 1.807) is 0 Å². The summed E-state index contributed by atoms with van der Waals surface area (Å²) in [7, 11) is 2.15. The fraction of sp³-hybridized carbons (Fsp3) is 0.375. The zero-order valence-corrected chi connectivity index (χ0v) is 14.3. The molecule has 1 aromatic carbocycles. The van der Waals surface area contributed by atoms with Crippen molar-refractivity contribution in [2.75, 3.05) is 13.6 Å². The molecule has 1 heterocycles. The lowest BCUT2D eigenvalue weighted by molar-refractivity contribution is 0.255. The lowest BCUT2D eigenvalue weighted by Gasteiger charge is -2.37. The van der Waals surface area contributed by atoms with E-state index < -0.39 is 0 Å². The fourth-order valence-electron chi connectivity index (χ4n) is 3.20. The molecule has 1 aliphatic heterocycles. The number of hydrogen-bond donors (Lipinski definition) is 0. The number of likely N-dealkylation sites (N-methyl/N-ethyl adjacent to an activating group) is 1. The Balaban J connectivity index is 2.02. The second kappa shape index (κ2) is 5.84. The van der Waals surface area contributed by atoms with Gasteiger partial charge < -0.3 is 4.90 Å². The summed E-state index contributed by atoms with van der Waals surface area (Å²) in [6.07, 6.45) is 7.60. The Bertz CT molecular complexity index is 594. The molecule has 0 saturated carbocycles. The highest BCUT2D eigenvalue weighted by molar-refractivity contribution is 9.11. The minimum Gasteiger partial charge on any atom is -0.301 e. The molecule has 0 aromatic heterocycles. The van der Waals surface area contributed by atoms with Gasteiger partial charge in [-0.25, -0.2) is 0 Å². The molecule has 4 heteroatoms. The summed E-state index contributed by atoms with van der Waals surface area (Å²) >= 11 is 16.2. The topological polar surface area (TPSA) is 3.24 Å². The number of halogens is 3. The standard InChI is InChI=1S/C16H16BrCl2N/c1-20-8-14(10-3-2-4-11(17)5-10)13-6-12(18)7-16(19)15(13)9-20/h2-4,6-7,10,14H,5,8-9H2,1H3. The lowest BCUT2D eigenvalue weighted by atomic mass is 9.78. The van der Waals surface area contributed by atoms with Crippen LogP contribution in [0.25, 0.3) is 0 Å². The summed E-state index contributed by atoms with van der Waals surface area (Å²) in [6, 6.07) is 3.95. The maximum atomic E-state index is 6.40. The van der Waals surface area contributed by atoms with Crippen molar-refractivity contribution in [2.24, 2.45) is 5.92 Å². The third kappa shape index (κ3) is 2.85. The van der Waals surface area contributed by atoms with Crippen LogP contribution in [-0.4, -0.2) is 18.5 Å². The molecular weight excluding hydrogens is 357 g/mol. The first kappa shape index (κ1) is 14.6. The van der Waals surface area contributed by atoms with Gasteiger partial charge in [-0.1, -0.05) is 57.4 Å². The van der Waals surface area contributed by atoms with Crippen molar-refractivity contribution in [2.45, 2.75) is 18.9 Å². The second-order valence-electron chi connectivity index (χ2n) is 5.63. The molecule has 0 spiro atoms. The van der Waals surface area contributed by atoms with E-state index in [-0.39, 0.29) is 0 Å². The van der Waals surface area contributed by atoms with Gasteiger partial charge in [0.05, 0.1) is 0 Å². The Hall–Kier alpha value is -0.280. The first-order chi connectivity index (χ1) is 9.54. The molecule has 2 unspecified atom stereocenters. The second-order valence-corrected chi connectivity index (χ2v) is 7.49. The highest BCUT2D eigenvalue weighted by atomic mass is 79.9.